The maximum atomic E-state index is 12.0. The van der Waals surface area contributed by atoms with Crippen LogP contribution >= 0.6 is 45.2 Å². The van der Waals surface area contributed by atoms with Crippen LogP contribution in [0, 0.1) is 7.14 Å². The van der Waals surface area contributed by atoms with Crippen molar-refractivity contribution in [1.29, 1.82) is 0 Å². The molecule has 0 spiro atoms. The summed E-state index contributed by atoms with van der Waals surface area (Å²) in [6.45, 7) is 0. The molecule has 0 aliphatic rings. The first-order chi connectivity index (χ1) is 11.3. The van der Waals surface area contributed by atoms with Gasteiger partial charge in [-0.2, -0.15) is 0 Å². The first-order valence-corrected chi connectivity index (χ1v) is 10.8. The third kappa shape index (κ3) is 6.86. The van der Waals surface area contributed by atoms with Gasteiger partial charge in [0.15, 0.2) is 15.6 Å². The molecule has 24 heavy (non-hydrogen) atoms. The van der Waals surface area contributed by atoms with Crippen LogP contribution < -0.4 is 0 Å². The molecule has 0 saturated carbocycles. The Morgan fingerprint density at radius 3 is 1.79 bits per heavy atom. The van der Waals surface area contributed by atoms with Crippen molar-refractivity contribution in [3.63, 3.8) is 0 Å². The molecule has 0 fully saturated rings. The molecule has 0 aliphatic carbocycles. The average molecular weight is 564 g/mol. The van der Waals surface area contributed by atoms with Gasteiger partial charge in [0.05, 0.1) is 0 Å². The second kappa shape index (κ2) is 8.91. The number of carbonyl (C=O) groups excluding carboxylic acids is 1. The molecule has 3 nitrogen and oxygen atoms in total. The highest BCUT2D eigenvalue weighted by Crippen LogP contribution is 2.10. The Hall–Kier alpha value is -1.000. The molecular weight excluding hydrogens is 550 g/mol. The van der Waals surface area contributed by atoms with Crippen molar-refractivity contribution in [2.75, 3.05) is 5.75 Å². The van der Waals surface area contributed by atoms with Gasteiger partial charge in [-0.1, -0.05) is 30.3 Å². The van der Waals surface area contributed by atoms with Crippen LogP contribution in [0.25, 0.3) is 12.2 Å². The molecule has 0 heterocycles. The van der Waals surface area contributed by atoms with Crippen LogP contribution in [0.4, 0.5) is 0 Å². The quantitative estimate of drug-likeness (QED) is 0.382. The lowest BCUT2D eigenvalue weighted by Gasteiger charge is -1.97. The van der Waals surface area contributed by atoms with E-state index in [2.05, 4.69) is 45.2 Å². The number of allylic oxidation sites excluding steroid dienone is 1. The van der Waals surface area contributed by atoms with Crippen molar-refractivity contribution in [3.8, 4) is 0 Å². The Morgan fingerprint density at radius 2 is 1.29 bits per heavy atom. The number of sulfone groups is 1. The number of halogens is 2. The van der Waals surface area contributed by atoms with E-state index >= 15 is 0 Å². The third-order valence-corrected chi connectivity index (χ3v) is 5.69. The van der Waals surface area contributed by atoms with E-state index in [0.717, 1.165) is 23.7 Å². The van der Waals surface area contributed by atoms with Crippen molar-refractivity contribution in [2.24, 2.45) is 0 Å². The summed E-state index contributed by atoms with van der Waals surface area (Å²) in [6, 6.07) is 15.0. The summed E-state index contributed by atoms with van der Waals surface area (Å²) >= 11 is 4.37. The van der Waals surface area contributed by atoms with Gasteiger partial charge in [0.1, 0.15) is 5.75 Å². The second-order valence-corrected chi connectivity index (χ2v) is 9.39. The zero-order valence-electron chi connectivity index (χ0n) is 12.5. The van der Waals surface area contributed by atoms with Gasteiger partial charge in [-0.05, 0) is 92.7 Å². The van der Waals surface area contributed by atoms with Crippen molar-refractivity contribution >= 4 is 73.0 Å². The van der Waals surface area contributed by atoms with E-state index in [-0.39, 0.29) is 0 Å². The summed E-state index contributed by atoms with van der Waals surface area (Å²) < 4.78 is 26.2. The van der Waals surface area contributed by atoms with E-state index in [1.54, 1.807) is 6.08 Å². The highest BCUT2D eigenvalue weighted by Gasteiger charge is 2.11. The molecule has 0 atom stereocenters. The summed E-state index contributed by atoms with van der Waals surface area (Å²) in [5.74, 6) is -0.977. The zero-order chi connectivity index (χ0) is 17.6. The molecule has 0 unspecified atom stereocenters. The predicted octanol–water partition coefficient (Wildman–Crippen LogP) is 4.56. The third-order valence-electron chi connectivity index (χ3n) is 3.01. The number of carbonyl (C=O) groups is 1. The molecule has 0 aliphatic heterocycles. The first kappa shape index (κ1) is 19.3. The SMILES string of the molecule is O=C(/C=C/c1ccc(I)cc1)CS(=O)(=O)/C=C\c1ccc(I)cc1. The van der Waals surface area contributed by atoms with E-state index in [4.69, 9.17) is 0 Å². The van der Waals surface area contributed by atoms with Gasteiger partial charge in [0.2, 0.25) is 0 Å². The maximum Gasteiger partial charge on any atom is 0.179 e. The Morgan fingerprint density at radius 1 is 0.833 bits per heavy atom. The average Bonchev–Trinajstić information content (AvgIpc) is 2.53. The van der Waals surface area contributed by atoms with Crippen LogP contribution in [0.2, 0.25) is 0 Å². The molecule has 2 aromatic rings. The minimum atomic E-state index is -3.58. The monoisotopic (exact) mass is 564 g/mol. The lowest BCUT2D eigenvalue weighted by molar-refractivity contribution is -0.112. The van der Waals surface area contributed by atoms with Crippen LogP contribution in [0.1, 0.15) is 11.1 Å². The number of ketones is 1. The fourth-order valence-corrected chi connectivity index (χ4v) is 3.49. The zero-order valence-corrected chi connectivity index (χ0v) is 17.7. The molecule has 0 N–H and O–H groups in total. The number of benzene rings is 2. The Kier molecular flexibility index (Phi) is 7.17. The van der Waals surface area contributed by atoms with Gasteiger partial charge in [0, 0.05) is 12.5 Å². The summed E-state index contributed by atoms with van der Waals surface area (Å²) in [6.07, 6.45) is 4.43. The molecule has 2 rings (SSSR count). The lowest BCUT2D eigenvalue weighted by Crippen LogP contribution is -2.11. The number of rotatable bonds is 6. The highest BCUT2D eigenvalue weighted by molar-refractivity contribution is 14.1. The maximum absolute atomic E-state index is 12.0. The van der Waals surface area contributed by atoms with E-state index in [0.29, 0.717) is 0 Å². The fraction of sp³-hybridized carbons (Fsp3) is 0.0556. The van der Waals surface area contributed by atoms with Gasteiger partial charge < -0.3 is 0 Å². The Labute approximate surface area is 169 Å². The number of hydrogen-bond acceptors (Lipinski definition) is 3. The topological polar surface area (TPSA) is 51.2 Å². The Bertz CT molecular complexity index is 865. The van der Waals surface area contributed by atoms with Crippen LogP contribution in [0.3, 0.4) is 0 Å². The highest BCUT2D eigenvalue weighted by atomic mass is 127. The van der Waals surface area contributed by atoms with Gasteiger partial charge in [-0.3, -0.25) is 4.79 Å². The lowest BCUT2D eigenvalue weighted by atomic mass is 10.2. The summed E-state index contributed by atoms with van der Waals surface area (Å²) in [5.41, 5.74) is 1.64. The molecule has 0 aromatic heterocycles. The molecule has 0 radical (unpaired) electrons. The van der Waals surface area contributed by atoms with Crippen LogP contribution in [0.5, 0.6) is 0 Å². The molecule has 2 aromatic carbocycles. The minimum Gasteiger partial charge on any atom is -0.294 e. The number of hydrogen-bond donors (Lipinski definition) is 0. The van der Waals surface area contributed by atoms with E-state index in [1.165, 1.54) is 12.2 Å². The van der Waals surface area contributed by atoms with Crippen LogP contribution in [-0.4, -0.2) is 20.0 Å². The molecule has 6 heteroatoms. The first-order valence-electron chi connectivity index (χ1n) is 6.97. The van der Waals surface area contributed by atoms with Crippen molar-refractivity contribution < 1.29 is 13.2 Å². The van der Waals surface area contributed by atoms with Crippen LogP contribution in [-0.2, 0) is 14.6 Å². The van der Waals surface area contributed by atoms with Crippen molar-refractivity contribution in [1.82, 2.24) is 0 Å². The largest absolute Gasteiger partial charge is 0.294 e. The van der Waals surface area contributed by atoms with Crippen LogP contribution in [0.15, 0.2) is 60.0 Å². The van der Waals surface area contributed by atoms with Gasteiger partial charge in [-0.15, -0.1) is 0 Å². The minimum absolute atomic E-state index is 0.444. The second-order valence-electron chi connectivity index (χ2n) is 5.01. The van der Waals surface area contributed by atoms with E-state index in [9.17, 15) is 13.2 Å². The van der Waals surface area contributed by atoms with Gasteiger partial charge in [-0.25, -0.2) is 8.42 Å². The fourth-order valence-electron chi connectivity index (χ4n) is 1.81. The Balaban J connectivity index is 1.98. The van der Waals surface area contributed by atoms with Crippen molar-refractivity contribution in [3.05, 3.63) is 78.3 Å². The van der Waals surface area contributed by atoms with Crippen molar-refractivity contribution in [2.45, 2.75) is 0 Å². The normalized spacial score (nSPS) is 12.1. The molecule has 0 amide bonds. The molecule has 124 valence electrons. The smallest absolute Gasteiger partial charge is 0.179 e. The van der Waals surface area contributed by atoms with Gasteiger partial charge in [0.25, 0.3) is 0 Å². The summed E-state index contributed by atoms with van der Waals surface area (Å²) in [5, 5.41) is 1.09. The van der Waals surface area contributed by atoms with E-state index < -0.39 is 21.4 Å². The standard InChI is InChI=1S/C18H14I2O3S/c19-16-6-1-14(2-7-16)5-10-18(21)13-24(22,23)12-11-15-3-8-17(20)9-4-15/h1-12H,13H2/b10-5+,12-11-. The summed E-state index contributed by atoms with van der Waals surface area (Å²) in [7, 11) is -3.58. The molecule has 0 bridgehead atoms. The van der Waals surface area contributed by atoms with Gasteiger partial charge >= 0.3 is 0 Å². The predicted molar refractivity (Wildman–Crippen MR) is 115 cm³/mol. The summed E-state index contributed by atoms with van der Waals surface area (Å²) in [4.78, 5) is 11.9. The molecular formula is C18H14I2O3S. The molecule has 0 saturated heterocycles. The van der Waals surface area contributed by atoms with E-state index in [1.807, 2.05) is 48.5 Å².